The smallest absolute Gasteiger partial charge is 0.286 e. The highest BCUT2D eigenvalue weighted by molar-refractivity contribution is 5.95. The predicted octanol–water partition coefficient (Wildman–Crippen LogP) is 2.39. The number of benzene rings is 2. The summed E-state index contributed by atoms with van der Waals surface area (Å²) in [5.41, 5.74) is 2.51. The number of anilines is 1. The molecule has 6 nitrogen and oxygen atoms in total. The predicted molar refractivity (Wildman–Crippen MR) is 90.2 cm³/mol. The maximum absolute atomic E-state index is 12.6. The molecule has 2 heterocycles. The molecule has 0 bridgehead atoms. The first-order valence-corrected chi connectivity index (χ1v) is 7.75. The quantitative estimate of drug-likeness (QED) is 0.744. The highest BCUT2D eigenvalue weighted by atomic mass is 16.2. The Morgan fingerprint density at radius 2 is 1.71 bits per heavy atom. The number of para-hydroxylation sites is 1. The lowest BCUT2D eigenvalue weighted by molar-refractivity contribution is 0.250. The Hall–Kier alpha value is -3.15. The number of hydrogen-bond acceptors (Lipinski definition) is 3. The number of aromatic nitrogens is 3. The van der Waals surface area contributed by atoms with Crippen molar-refractivity contribution >= 4 is 11.7 Å². The topological polar surface area (TPSA) is 60.1 Å². The van der Waals surface area contributed by atoms with Crippen molar-refractivity contribution < 1.29 is 4.79 Å². The Bertz CT molecular complexity index is 955. The molecule has 0 radical (unpaired) electrons. The van der Waals surface area contributed by atoms with Gasteiger partial charge in [-0.15, -0.1) is 0 Å². The standard InChI is InChI=1S/C18H16N4O2/c1-13-7-9-14(10-8-13)11-21-18(24)22-16(19-21)12-20(17(22)23)15-5-3-2-4-6-15/h2-10H,11-12H2,1H3. The zero-order chi connectivity index (χ0) is 16.7. The minimum Gasteiger partial charge on any atom is -0.286 e. The van der Waals surface area contributed by atoms with Crippen LogP contribution in [0.2, 0.25) is 0 Å². The van der Waals surface area contributed by atoms with E-state index < -0.39 is 5.69 Å². The molecule has 2 aromatic carbocycles. The fraction of sp³-hybridized carbons (Fsp3) is 0.167. The van der Waals surface area contributed by atoms with Crippen molar-refractivity contribution in [3.63, 3.8) is 0 Å². The summed E-state index contributed by atoms with van der Waals surface area (Å²) in [5, 5.41) is 4.34. The van der Waals surface area contributed by atoms with Crippen LogP contribution in [0.25, 0.3) is 0 Å². The van der Waals surface area contributed by atoms with Crippen molar-refractivity contribution in [3.05, 3.63) is 82.0 Å². The fourth-order valence-electron chi connectivity index (χ4n) is 2.86. The molecule has 120 valence electrons. The molecular weight excluding hydrogens is 304 g/mol. The molecule has 0 saturated heterocycles. The van der Waals surface area contributed by atoms with Crippen LogP contribution in [0.1, 0.15) is 17.0 Å². The number of carbonyl (C=O) groups excluding carboxylic acids is 1. The third kappa shape index (κ3) is 2.32. The van der Waals surface area contributed by atoms with E-state index in [0.717, 1.165) is 21.4 Å². The van der Waals surface area contributed by atoms with Gasteiger partial charge in [0.2, 0.25) is 0 Å². The number of hydrogen-bond donors (Lipinski definition) is 0. The Balaban J connectivity index is 1.64. The highest BCUT2D eigenvalue weighted by Gasteiger charge is 2.33. The van der Waals surface area contributed by atoms with Crippen LogP contribution in [0.15, 0.2) is 59.4 Å². The Labute approximate surface area is 138 Å². The SMILES string of the molecule is Cc1ccc(Cn2nc3n(c2=O)C(=O)N(c2ccccc2)C3)cc1. The monoisotopic (exact) mass is 320 g/mol. The molecule has 4 rings (SSSR count). The third-order valence-corrected chi connectivity index (χ3v) is 4.15. The molecular formula is C18H16N4O2. The van der Waals surface area contributed by atoms with Gasteiger partial charge in [-0.3, -0.25) is 4.90 Å². The lowest BCUT2D eigenvalue weighted by Gasteiger charge is -2.14. The first-order chi connectivity index (χ1) is 11.6. The normalized spacial score (nSPS) is 13.4. The van der Waals surface area contributed by atoms with Crippen molar-refractivity contribution in [1.82, 2.24) is 14.3 Å². The van der Waals surface area contributed by atoms with Gasteiger partial charge in [-0.25, -0.2) is 14.3 Å². The van der Waals surface area contributed by atoms with Crippen molar-refractivity contribution in [2.75, 3.05) is 4.90 Å². The Morgan fingerprint density at radius 1 is 1.00 bits per heavy atom. The number of fused-ring (bicyclic) bond motifs is 1. The van der Waals surface area contributed by atoms with Gasteiger partial charge in [-0.05, 0) is 24.6 Å². The lowest BCUT2D eigenvalue weighted by Crippen LogP contribution is -2.34. The van der Waals surface area contributed by atoms with Crippen LogP contribution < -0.4 is 10.6 Å². The van der Waals surface area contributed by atoms with Gasteiger partial charge in [0.1, 0.15) is 0 Å². The van der Waals surface area contributed by atoms with Crippen LogP contribution in [0.4, 0.5) is 10.5 Å². The van der Waals surface area contributed by atoms with Crippen LogP contribution in [-0.2, 0) is 13.1 Å². The van der Waals surface area contributed by atoms with Crippen LogP contribution in [0.3, 0.4) is 0 Å². The molecule has 1 aromatic heterocycles. The minimum absolute atomic E-state index is 0.305. The summed E-state index contributed by atoms with van der Waals surface area (Å²) in [6.45, 7) is 2.68. The molecule has 3 aromatic rings. The van der Waals surface area contributed by atoms with Gasteiger partial charge >= 0.3 is 11.7 Å². The number of carbonyl (C=O) groups is 1. The van der Waals surface area contributed by atoms with Crippen LogP contribution >= 0.6 is 0 Å². The van der Waals surface area contributed by atoms with Crippen LogP contribution in [0.5, 0.6) is 0 Å². The van der Waals surface area contributed by atoms with E-state index in [0.29, 0.717) is 18.9 Å². The summed E-state index contributed by atoms with van der Waals surface area (Å²) in [7, 11) is 0. The maximum Gasteiger partial charge on any atom is 0.354 e. The van der Waals surface area contributed by atoms with Crippen molar-refractivity contribution in [3.8, 4) is 0 Å². The molecule has 24 heavy (non-hydrogen) atoms. The van der Waals surface area contributed by atoms with Gasteiger partial charge in [0.05, 0.1) is 13.1 Å². The first kappa shape index (κ1) is 14.4. The molecule has 0 unspecified atom stereocenters. The second kappa shape index (κ2) is 5.49. The number of amides is 1. The second-order valence-corrected chi connectivity index (χ2v) is 5.88. The lowest BCUT2D eigenvalue weighted by atomic mass is 10.1. The molecule has 0 spiro atoms. The Morgan fingerprint density at radius 3 is 2.38 bits per heavy atom. The molecule has 0 aliphatic carbocycles. The fourth-order valence-corrected chi connectivity index (χ4v) is 2.86. The van der Waals surface area contributed by atoms with Gasteiger partial charge in [-0.1, -0.05) is 48.0 Å². The third-order valence-electron chi connectivity index (χ3n) is 4.15. The molecule has 1 amide bonds. The summed E-state index contributed by atoms with van der Waals surface area (Å²) in [5.74, 6) is 0.473. The minimum atomic E-state index is -0.394. The maximum atomic E-state index is 12.6. The average molecular weight is 320 g/mol. The zero-order valence-electron chi connectivity index (χ0n) is 13.2. The van der Waals surface area contributed by atoms with Gasteiger partial charge in [0.15, 0.2) is 5.82 Å². The summed E-state index contributed by atoms with van der Waals surface area (Å²) < 4.78 is 2.50. The molecule has 6 heteroatoms. The van der Waals surface area contributed by atoms with Crippen LogP contribution in [0, 0.1) is 6.92 Å². The van der Waals surface area contributed by atoms with Gasteiger partial charge < -0.3 is 0 Å². The number of rotatable bonds is 3. The number of aryl methyl sites for hydroxylation is 1. The van der Waals surface area contributed by atoms with Gasteiger partial charge in [-0.2, -0.15) is 9.67 Å². The second-order valence-electron chi connectivity index (χ2n) is 5.88. The summed E-state index contributed by atoms with van der Waals surface area (Å²) >= 11 is 0. The molecule has 0 N–H and O–H groups in total. The van der Waals surface area contributed by atoms with E-state index in [4.69, 9.17) is 0 Å². The zero-order valence-corrected chi connectivity index (χ0v) is 13.2. The van der Waals surface area contributed by atoms with Crippen LogP contribution in [-0.4, -0.2) is 20.4 Å². The van der Waals surface area contributed by atoms with Crippen molar-refractivity contribution in [1.29, 1.82) is 0 Å². The van der Waals surface area contributed by atoms with E-state index in [9.17, 15) is 9.59 Å². The first-order valence-electron chi connectivity index (χ1n) is 7.75. The van der Waals surface area contributed by atoms with Gasteiger partial charge in [0.25, 0.3) is 0 Å². The molecule has 0 atom stereocenters. The molecule has 1 aliphatic heterocycles. The van der Waals surface area contributed by atoms with E-state index in [2.05, 4.69) is 5.10 Å². The van der Waals surface area contributed by atoms with E-state index in [1.54, 1.807) is 4.90 Å². The molecule has 0 fully saturated rings. The molecule has 0 saturated carbocycles. The number of nitrogens with zero attached hydrogens (tertiary/aromatic N) is 4. The summed E-state index contributed by atoms with van der Waals surface area (Å²) in [6.07, 6.45) is 0. The molecule has 1 aliphatic rings. The van der Waals surface area contributed by atoms with Crippen molar-refractivity contribution in [2.45, 2.75) is 20.0 Å². The summed E-state index contributed by atoms with van der Waals surface area (Å²) in [4.78, 5) is 26.7. The van der Waals surface area contributed by atoms with Gasteiger partial charge in [0, 0.05) is 5.69 Å². The van der Waals surface area contributed by atoms with E-state index >= 15 is 0 Å². The highest BCUT2D eigenvalue weighted by Crippen LogP contribution is 2.21. The van der Waals surface area contributed by atoms with E-state index in [1.165, 1.54) is 4.68 Å². The Kier molecular flexibility index (Phi) is 3.30. The van der Waals surface area contributed by atoms with E-state index in [1.807, 2.05) is 61.5 Å². The summed E-state index contributed by atoms with van der Waals surface area (Å²) in [6, 6.07) is 16.9. The average Bonchev–Trinajstić information content (AvgIpc) is 3.08. The largest absolute Gasteiger partial charge is 0.354 e. The van der Waals surface area contributed by atoms with E-state index in [-0.39, 0.29) is 6.03 Å². The van der Waals surface area contributed by atoms with Crippen molar-refractivity contribution in [2.24, 2.45) is 0 Å².